The minimum atomic E-state index is -0.696. The Hall–Kier alpha value is -2.38. The third-order valence-electron chi connectivity index (χ3n) is 5.31. The number of benzene rings is 1. The fourth-order valence-electron chi connectivity index (χ4n) is 3.71. The van der Waals surface area contributed by atoms with Gasteiger partial charge in [0.05, 0.1) is 0 Å². The minimum Gasteiger partial charge on any atom is -0.345 e. The van der Waals surface area contributed by atoms with Gasteiger partial charge in [0.15, 0.2) is 0 Å². The highest BCUT2D eigenvalue weighted by Crippen LogP contribution is 2.29. The van der Waals surface area contributed by atoms with Crippen LogP contribution in [-0.2, 0) is 0 Å². The zero-order valence-corrected chi connectivity index (χ0v) is 19.8. The van der Waals surface area contributed by atoms with Crippen molar-refractivity contribution in [3.63, 3.8) is 0 Å². The van der Waals surface area contributed by atoms with Crippen LogP contribution in [-0.4, -0.2) is 54.4 Å². The summed E-state index contributed by atoms with van der Waals surface area (Å²) in [5.41, 5.74) is 3.82. The molecular formula is C24H26BrF2N3O. The lowest BCUT2D eigenvalue weighted by Gasteiger charge is -2.27. The number of hydrogen-bond acceptors (Lipinski definition) is 3. The fourth-order valence-corrected chi connectivity index (χ4v) is 4.23. The van der Waals surface area contributed by atoms with Gasteiger partial charge in [-0.3, -0.25) is 14.7 Å². The van der Waals surface area contributed by atoms with Gasteiger partial charge < -0.3 is 4.90 Å². The summed E-state index contributed by atoms with van der Waals surface area (Å²) < 4.78 is 30.3. The van der Waals surface area contributed by atoms with Gasteiger partial charge in [0.2, 0.25) is 0 Å². The number of hydrogen-bond donors (Lipinski definition) is 0. The maximum absolute atomic E-state index is 14.7. The Morgan fingerprint density at radius 3 is 2.52 bits per heavy atom. The third-order valence-corrected chi connectivity index (χ3v) is 6.00. The van der Waals surface area contributed by atoms with Crippen molar-refractivity contribution in [2.75, 3.05) is 33.7 Å². The number of nitrogens with zero attached hydrogens (tertiary/aromatic N) is 3. The molecule has 3 rings (SSSR count). The van der Waals surface area contributed by atoms with Gasteiger partial charge in [-0.1, -0.05) is 33.7 Å². The van der Waals surface area contributed by atoms with E-state index in [-0.39, 0.29) is 11.1 Å². The molecule has 0 atom stereocenters. The molecule has 0 unspecified atom stereocenters. The first-order valence-corrected chi connectivity index (χ1v) is 10.9. The molecule has 4 nitrogen and oxygen atoms in total. The predicted molar refractivity (Wildman–Crippen MR) is 124 cm³/mol. The Balaban J connectivity index is 1.73. The van der Waals surface area contributed by atoms with Crippen molar-refractivity contribution in [2.24, 2.45) is 0 Å². The van der Waals surface area contributed by atoms with E-state index in [1.165, 1.54) is 10.5 Å². The quantitative estimate of drug-likeness (QED) is 0.569. The largest absolute Gasteiger partial charge is 0.345 e. The molecule has 2 aromatic rings. The van der Waals surface area contributed by atoms with Crippen LogP contribution < -0.4 is 0 Å². The van der Waals surface area contributed by atoms with Crippen molar-refractivity contribution in [1.29, 1.82) is 0 Å². The minimum absolute atomic E-state index is 0.0133. The third kappa shape index (κ3) is 5.46. The first-order valence-electron chi connectivity index (χ1n) is 10.1. The van der Waals surface area contributed by atoms with E-state index < -0.39 is 17.5 Å². The number of aryl methyl sites for hydroxylation is 1. The highest BCUT2D eigenvalue weighted by molar-refractivity contribution is 9.10. The topological polar surface area (TPSA) is 36.4 Å². The van der Waals surface area contributed by atoms with Crippen molar-refractivity contribution >= 4 is 33.5 Å². The first kappa shape index (κ1) is 23.3. The van der Waals surface area contributed by atoms with Crippen molar-refractivity contribution in [2.45, 2.75) is 20.3 Å². The van der Waals surface area contributed by atoms with Crippen molar-refractivity contribution in [3.8, 4) is 0 Å². The van der Waals surface area contributed by atoms with Gasteiger partial charge in [-0.05, 0) is 44.0 Å². The van der Waals surface area contributed by atoms with Crippen molar-refractivity contribution < 1.29 is 13.6 Å². The Kier molecular flexibility index (Phi) is 7.38. The Labute approximate surface area is 190 Å². The molecule has 0 N–H and O–H groups in total. The van der Waals surface area contributed by atoms with Gasteiger partial charge in [0.25, 0.3) is 5.91 Å². The molecule has 31 heavy (non-hydrogen) atoms. The lowest BCUT2D eigenvalue weighted by Crippen LogP contribution is -2.30. The van der Waals surface area contributed by atoms with Crippen LogP contribution in [0.5, 0.6) is 0 Å². The molecule has 0 saturated heterocycles. The van der Waals surface area contributed by atoms with Crippen LogP contribution in [0.25, 0.3) is 11.6 Å². The van der Waals surface area contributed by atoms with Gasteiger partial charge in [-0.25, -0.2) is 8.78 Å². The highest BCUT2D eigenvalue weighted by atomic mass is 79.9. The number of amides is 1. The number of aromatic nitrogens is 1. The number of pyridine rings is 1. The molecule has 0 radical (unpaired) electrons. The molecule has 0 fully saturated rings. The predicted octanol–water partition coefficient (Wildman–Crippen LogP) is 5.33. The summed E-state index contributed by atoms with van der Waals surface area (Å²) in [6, 6.07) is 4.16. The molecule has 2 heterocycles. The maximum Gasteiger partial charge on any atom is 0.253 e. The Morgan fingerprint density at radius 1 is 1.29 bits per heavy atom. The van der Waals surface area contributed by atoms with E-state index in [4.69, 9.17) is 0 Å². The second-order valence-electron chi connectivity index (χ2n) is 8.01. The van der Waals surface area contributed by atoms with E-state index in [0.29, 0.717) is 25.1 Å². The van der Waals surface area contributed by atoms with E-state index in [1.54, 1.807) is 20.3 Å². The maximum atomic E-state index is 14.7. The molecule has 164 valence electrons. The van der Waals surface area contributed by atoms with E-state index in [9.17, 15) is 13.6 Å². The monoisotopic (exact) mass is 489 g/mol. The lowest BCUT2D eigenvalue weighted by atomic mass is 9.96. The van der Waals surface area contributed by atoms with Gasteiger partial charge in [-0.15, -0.1) is 0 Å². The van der Waals surface area contributed by atoms with Crippen LogP contribution >= 0.6 is 15.9 Å². The van der Waals surface area contributed by atoms with Crippen LogP contribution in [0.1, 0.15) is 40.5 Å². The summed E-state index contributed by atoms with van der Waals surface area (Å²) in [7, 11) is 3.10. The average Bonchev–Trinajstić information content (AvgIpc) is 2.71. The molecule has 0 bridgehead atoms. The number of halogens is 3. The summed E-state index contributed by atoms with van der Waals surface area (Å²) in [6.07, 6.45) is 6.30. The standard InChI is InChI=1S/C24H26BrF2N3O/c1-15(11-19-16(2)28-8-5-20(19)25)14-30-9-6-17(7-10-30)23-21(26)12-18(13-22(23)27)24(31)29(3)4/h5-6,8,11-13H,7,9-10,14H2,1-4H3/b15-11+. The summed E-state index contributed by atoms with van der Waals surface area (Å²) >= 11 is 3.57. The normalized spacial score (nSPS) is 15.1. The fraction of sp³-hybridized carbons (Fsp3) is 0.333. The first-order chi connectivity index (χ1) is 14.7. The Morgan fingerprint density at radius 2 is 1.97 bits per heavy atom. The second kappa shape index (κ2) is 9.83. The van der Waals surface area contributed by atoms with E-state index in [2.05, 4.69) is 38.8 Å². The zero-order valence-electron chi connectivity index (χ0n) is 18.2. The Bertz CT molecular complexity index is 1020. The van der Waals surface area contributed by atoms with E-state index in [1.807, 2.05) is 19.1 Å². The number of carbonyl (C=O) groups excluding carboxylic acids is 1. The van der Waals surface area contributed by atoms with Crippen LogP contribution in [0.15, 0.2) is 40.5 Å². The average molecular weight is 490 g/mol. The van der Waals surface area contributed by atoms with Gasteiger partial charge in [0, 0.05) is 66.8 Å². The second-order valence-corrected chi connectivity index (χ2v) is 8.87. The molecule has 0 aliphatic carbocycles. The smallest absolute Gasteiger partial charge is 0.253 e. The van der Waals surface area contributed by atoms with E-state index >= 15 is 0 Å². The molecule has 1 aromatic heterocycles. The number of rotatable bonds is 5. The zero-order chi connectivity index (χ0) is 22.7. The van der Waals surface area contributed by atoms with Crippen molar-refractivity contribution in [3.05, 3.63) is 74.5 Å². The molecule has 1 aliphatic heterocycles. The molecular weight excluding hydrogens is 464 g/mol. The van der Waals surface area contributed by atoms with Gasteiger partial charge in [0.1, 0.15) is 11.6 Å². The van der Waals surface area contributed by atoms with E-state index in [0.717, 1.165) is 34.4 Å². The molecule has 1 aliphatic rings. The molecule has 7 heteroatoms. The molecule has 1 aromatic carbocycles. The highest BCUT2D eigenvalue weighted by Gasteiger charge is 2.22. The molecule has 0 saturated carbocycles. The van der Waals surface area contributed by atoms with Crippen molar-refractivity contribution in [1.82, 2.24) is 14.8 Å². The van der Waals surface area contributed by atoms with Crippen LogP contribution in [0, 0.1) is 18.6 Å². The van der Waals surface area contributed by atoms with Crippen LogP contribution in [0.4, 0.5) is 8.78 Å². The van der Waals surface area contributed by atoms with Crippen LogP contribution in [0.3, 0.4) is 0 Å². The summed E-state index contributed by atoms with van der Waals surface area (Å²) in [6.45, 7) is 6.09. The van der Waals surface area contributed by atoms with Gasteiger partial charge >= 0.3 is 0 Å². The molecule has 1 amide bonds. The molecule has 0 spiro atoms. The number of carbonyl (C=O) groups is 1. The SMILES string of the molecule is C/C(=C\c1c(Br)ccnc1C)CN1CC=C(c2c(F)cc(C(=O)N(C)C)cc2F)CC1. The summed E-state index contributed by atoms with van der Waals surface area (Å²) in [5.74, 6) is -1.82. The summed E-state index contributed by atoms with van der Waals surface area (Å²) in [4.78, 5) is 19.9. The lowest BCUT2D eigenvalue weighted by molar-refractivity contribution is 0.0826. The summed E-state index contributed by atoms with van der Waals surface area (Å²) in [5, 5.41) is 0. The van der Waals surface area contributed by atoms with Crippen LogP contribution in [0.2, 0.25) is 0 Å². The van der Waals surface area contributed by atoms with Gasteiger partial charge in [-0.2, -0.15) is 0 Å².